The van der Waals surface area contributed by atoms with Gasteiger partial charge in [-0.2, -0.15) is 5.10 Å². The van der Waals surface area contributed by atoms with Gasteiger partial charge in [0, 0.05) is 5.69 Å². The Morgan fingerprint density at radius 2 is 1.79 bits per heavy atom. The molecule has 0 spiro atoms. The summed E-state index contributed by atoms with van der Waals surface area (Å²) in [6, 6.07) is 13.2. The SMILES string of the molecule is Cc1ccccc1NC(=O)c1c(C)nn(-c2ccc(F)cc2)c1Cl. The third-order valence-corrected chi connectivity index (χ3v) is 4.04. The maximum Gasteiger partial charge on any atom is 0.260 e. The van der Waals surface area contributed by atoms with Crippen LogP contribution in [0.4, 0.5) is 10.1 Å². The van der Waals surface area contributed by atoms with Gasteiger partial charge in [0.2, 0.25) is 0 Å². The van der Waals surface area contributed by atoms with E-state index in [1.807, 2.05) is 31.2 Å². The molecule has 0 saturated carbocycles. The number of nitrogens with one attached hydrogen (secondary N) is 1. The highest BCUT2D eigenvalue weighted by molar-refractivity contribution is 6.34. The smallest absolute Gasteiger partial charge is 0.260 e. The van der Waals surface area contributed by atoms with Crippen molar-refractivity contribution in [1.82, 2.24) is 9.78 Å². The van der Waals surface area contributed by atoms with Crippen LogP contribution in [0.3, 0.4) is 0 Å². The zero-order valence-electron chi connectivity index (χ0n) is 13.2. The predicted molar refractivity (Wildman–Crippen MR) is 92.4 cm³/mol. The highest BCUT2D eigenvalue weighted by atomic mass is 35.5. The molecule has 0 unspecified atom stereocenters. The van der Waals surface area contributed by atoms with Gasteiger partial charge >= 0.3 is 0 Å². The number of hydrogen-bond acceptors (Lipinski definition) is 2. The van der Waals surface area contributed by atoms with Crippen LogP contribution in [0, 0.1) is 19.7 Å². The van der Waals surface area contributed by atoms with E-state index in [0.717, 1.165) is 5.56 Å². The fraction of sp³-hybridized carbons (Fsp3) is 0.111. The molecule has 1 N–H and O–H groups in total. The van der Waals surface area contributed by atoms with E-state index in [4.69, 9.17) is 11.6 Å². The zero-order valence-corrected chi connectivity index (χ0v) is 13.9. The van der Waals surface area contributed by atoms with Gasteiger partial charge in [-0.05, 0) is 49.7 Å². The molecule has 2 aromatic carbocycles. The average Bonchev–Trinajstić information content (AvgIpc) is 2.85. The second-order valence-corrected chi connectivity index (χ2v) is 5.77. The van der Waals surface area contributed by atoms with Crippen LogP contribution in [-0.4, -0.2) is 15.7 Å². The molecule has 6 heteroatoms. The van der Waals surface area contributed by atoms with Crippen LogP contribution in [0.1, 0.15) is 21.6 Å². The van der Waals surface area contributed by atoms with E-state index in [2.05, 4.69) is 10.4 Å². The first-order chi connectivity index (χ1) is 11.5. The number of rotatable bonds is 3. The summed E-state index contributed by atoms with van der Waals surface area (Å²) >= 11 is 6.35. The van der Waals surface area contributed by atoms with Gasteiger partial charge in [0.15, 0.2) is 0 Å². The lowest BCUT2D eigenvalue weighted by atomic mass is 10.2. The van der Waals surface area contributed by atoms with Gasteiger partial charge in [-0.25, -0.2) is 9.07 Å². The van der Waals surface area contributed by atoms with E-state index in [0.29, 0.717) is 22.6 Å². The number of halogens is 2. The summed E-state index contributed by atoms with van der Waals surface area (Å²) in [5.74, 6) is -0.684. The fourth-order valence-corrected chi connectivity index (χ4v) is 2.77. The Morgan fingerprint density at radius 3 is 2.46 bits per heavy atom. The molecule has 0 aliphatic heterocycles. The Bertz CT molecular complexity index is 903. The Morgan fingerprint density at radius 1 is 1.12 bits per heavy atom. The number of amides is 1. The van der Waals surface area contributed by atoms with Crippen molar-refractivity contribution >= 4 is 23.2 Å². The predicted octanol–water partition coefficient (Wildman–Crippen LogP) is 4.53. The van der Waals surface area contributed by atoms with Crippen LogP contribution in [0.15, 0.2) is 48.5 Å². The molecular formula is C18H15ClFN3O. The third-order valence-electron chi connectivity index (χ3n) is 3.70. The molecule has 3 aromatic rings. The maximum atomic E-state index is 13.1. The molecule has 0 saturated heterocycles. The monoisotopic (exact) mass is 343 g/mol. The molecule has 4 nitrogen and oxygen atoms in total. The summed E-state index contributed by atoms with van der Waals surface area (Å²) in [5, 5.41) is 7.33. The van der Waals surface area contributed by atoms with Crippen molar-refractivity contribution in [2.75, 3.05) is 5.32 Å². The second kappa shape index (κ2) is 6.45. The second-order valence-electron chi connectivity index (χ2n) is 5.41. The number of para-hydroxylation sites is 1. The largest absolute Gasteiger partial charge is 0.322 e. The normalized spacial score (nSPS) is 10.7. The fourth-order valence-electron chi connectivity index (χ4n) is 2.41. The number of aryl methyl sites for hydroxylation is 2. The van der Waals surface area contributed by atoms with Crippen molar-refractivity contribution in [2.24, 2.45) is 0 Å². The first-order valence-corrected chi connectivity index (χ1v) is 7.73. The molecule has 0 bridgehead atoms. The van der Waals surface area contributed by atoms with Gasteiger partial charge in [0.1, 0.15) is 16.5 Å². The van der Waals surface area contributed by atoms with Crippen LogP contribution in [0.5, 0.6) is 0 Å². The maximum absolute atomic E-state index is 13.1. The van der Waals surface area contributed by atoms with E-state index >= 15 is 0 Å². The number of nitrogens with zero attached hydrogens (tertiary/aromatic N) is 2. The van der Waals surface area contributed by atoms with Crippen molar-refractivity contribution in [2.45, 2.75) is 13.8 Å². The van der Waals surface area contributed by atoms with E-state index in [-0.39, 0.29) is 16.9 Å². The van der Waals surface area contributed by atoms with Crippen LogP contribution in [0.25, 0.3) is 5.69 Å². The molecule has 0 radical (unpaired) electrons. The Hall–Kier alpha value is -2.66. The molecular weight excluding hydrogens is 329 g/mol. The van der Waals surface area contributed by atoms with Crippen molar-refractivity contribution in [3.8, 4) is 5.69 Å². The summed E-state index contributed by atoms with van der Waals surface area (Å²) in [4.78, 5) is 12.6. The van der Waals surface area contributed by atoms with Gasteiger partial charge in [0.25, 0.3) is 5.91 Å². The minimum atomic E-state index is -0.351. The number of carbonyl (C=O) groups is 1. The molecule has 1 heterocycles. The Kier molecular flexibility index (Phi) is 4.36. The average molecular weight is 344 g/mol. The molecule has 0 atom stereocenters. The lowest BCUT2D eigenvalue weighted by molar-refractivity contribution is 0.102. The van der Waals surface area contributed by atoms with Crippen LogP contribution in [-0.2, 0) is 0 Å². The summed E-state index contributed by atoms with van der Waals surface area (Å²) in [6.45, 7) is 3.62. The molecule has 3 rings (SSSR count). The van der Waals surface area contributed by atoms with Gasteiger partial charge in [-0.15, -0.1) is 0 Å². The van der Waals surface area contributed by atoms with Gasteiger partial charge in [0.05, 0.1) is 11.4 Å². The minimum absolute atomic E-state index is 0.185. The van der Waals surface area contributed by atoms with Crippen LogP contribution in [0.2, 0.25) is 5.15 Å². The molecule has 1 aromatic heterocycles. The quantitative estimate of drug-likeness (QED) is 0.759. The third kappa shape index (κ3) is 3.03. The van der Waals surface area contributed by atoms with Crippen molar-refractivity contribution < 1.29 is 9.18 Å². The molecule has 122 valence electrons. The summed E-state index contributed by atoms with van der Waals surface area (Å²) < 4.78 is 14.5. The highest BCUT2D eigenvalue weighted by Crippen LogP contribution is 2.25. The van der Waals surface area contributed by atoms with Gasteiger partial charge in [-0.1, -0.05) is 29.8 Å². The Labute approximate surface area is 143 Å². The first kappa shape index (κ1) is 16.2. The zero-order chi connectivity index (χ0) is 17.3. The van der Waals surface area contributed by atoms with E-state index in [9.17, 15) is 9.18 Å². The molecule has 0 aliphatic rings. The summed E-state index contributed by atoms with van der Waals surface area (Å²) in [7, 11) is 0. The molecule has 1 amide bonds. The van der Waals surface area contributed by atoms with E-state index in [1.165, 1.54) is 16.8 Å². The van der Waals surface area contributed by atoms with Crippen molar-refractivity contribution in [3.05, 3.63) is 76.3 Å². The summed E-state index contributed by atoms with van der Waals surface area (Å²) in [5.41, 5.74) is 3.04. The number of benzene rings is 2. The molecule has 0 fully saturated rings. The lowest BCUT2D eigenvalue weighted by Gasteiger charge is -2.08. The topological polar surface area (TPSA) is 46.9 Å². The minimum Gasteiger partial charge on any atom is -0.322 e. The van der Waals surface area contributed by atoms with Gasteiger partial charge < -0.3 is 5.32 Å². The van der Waals surface area contributed by atoms with Gasteiger partial charge in [-0.3, -0.25) is 4.79 Å². The number of hydrogen-bond donors (Lipinski definition) is 1. The van der Waals surface area contributed by atoms with E-state index < -0.39 is 0 Å². The van der Waals surface area contributed by atoms with Crippen LogP contribution < -0.4 is 5.32 Å². The standard InChI is InChI=1S/C18H15ClFN3O/c1-11-5-3-4-6-15(11)21-18(24)16-12(2)22-23(17(16)19)14-9-7-13(20)8-10-14/h3-10H,1-2H3,(H,21,24). The van der Waals surface area contributed by atoms with Crippen LogP contribution >= 0.6 is 11.6 Å². The molecule has 24 heavy (non-hydrogen) atoms. The molecule has 0 aliphatic carbocycles. The van der Waals surface area contributed by atoms with Crippen molar-refractivity contribution in [3.63, 3.8) is 0 Å². The number of aromatic nitrogens is 2. The van der Waals surface area contributed by atoms with Crippen molar-refractivity contribution in [1.29, 1.82) is 0 Å². The number of carbonyl (C=O) groups excluding carboxylic acids is 1. The number of anilines is 1. The highest BCUT2D eigenvalue weighted by Gasteiger charge is 2.21. The van der Waals surface area contributed by atoms with E-state index in [1.54, 1.807) is 19.1 Å². The first-order valence-electron chi connectivity index (χ1n) is 7.35. The lowest BCUT2D eigenvalue weighted by Crippen LogP contribution is -2.14. The summed E-state index contributed by atoms with van der Waals surface area (Å²) in [6.07, 6.45) is 0. The Balaban J connectivity index is 1.96.